The molecule has 0 spiro atoms. The third-order valence-electron chi connectivity index (χ3n) is 3.02. The Balaban J connectivity index is 1.82. The van der Waals surface area contributed by atoms with E-state index < -0.39 is 0 Å². The van der Waals surface area contributed by atoms with Gasteiger partial charge < -0.3 is 10.1 Å². The summed E-state index contributed by atoms with van der Waals surface area (Å²) in [7, 11) is 0. The summed E-state index contributed by atoms with van der Waals surface area (Å²) in [5.41, 5.74) is 0. The molecule has 0 aromatic carbocycles. The molecule has 1 aliphatic rings. The van der Waals surface area contributed by atoms with E-state index in [-0.39, 0.29) is 0 Å². The molecular weight excluding hydrogens is 174 g/mol. The molecule has 0 amide bonds. The first-order chi connectivity index (χ1) is 6.93. The molecule has 0 unspecified atom stereocenters. The fourth-order valence-electron chi connectivity index (χ4n) is 1.98. The minimum absolute atomic E-state index is 0.919. The van der Waals surface area contributed by atoms with Gasteiger partial charge in [-0.25, -0.2) is 0 Å². The molecule has 0 aromatic heterocycles. The highest BCUT2D eigenvalue weighted by Gasteiger charge is 2.11. The zero-order chi connectivity index (χ0) is 10.1. The number of nitrogens with one attached hydrogen (secondary N) is 1. The van der Waals surface area contributed by atoms with Crippen molar-refractivity contribution >= 4 is 0 Å². The minimum atomic E-state index is 0.919. The number of piperidine rings is 1. The van der Waals surface area contributed by atoms with Gasteiger partial charge in [-0.05, 0) is 44.7 Å². The fraction of sp³-hybridized carbons (Fsp3) is 1.00. The van der Waals surface area contributed by atoms with Gasteiger partial charge >= 0.3 is 0 Å². The Bertz CT molecular complexity index is 121. The molecule has 1 heterocycles. The largest absolute Gasteiger partial charge is 0.381 e. The Labute approximate surface area is 88.4 Å². The van der Waals surface area contributed by atoms with Crippen LogP contribution < -0.4 is 5.32 Å². The zero-order valence-electron chi connectivity index (χ0n) is 9.56. The lowest BCUT2D eigenvalue weighted by molar-refractivity contribution is 0.112. The van der Waals surface area contributed by atoms with Gasteiger partial charge in [0, 0.05) is 13.2 Å². The van der Waals surface area contributed by atoms with Crippen LogP contribution in [-0.4, -0.2) is 26.3 Å². The lowest BCUT2D eigenvalue weighted by Gasteiger charge is -2.22. The van der Waals surface area contributed by atoms with Gasteiger partial charge in [-0.1, -0.05) is 19.8 Å². The van der Waals surface area contributed by atoms with Crippen molar-refractivity contribution in [1.29, 1.82) is 0 Å². The number of hydrogen-bond acceptors (Lipinski definition) is 2. The molecule has 1 aliphatic heterocycles. The predicted molar refractivity (Wildman–Crippen MR) is 60.6 cm³/mol. The normalized spacial score (nSPS) is 18.6. The number of hydrogen-bond donors (Lipinski definition) is 1. The van der Waals surface area contributed by atoms with Crippen molar-refractivity contribution in [1.82, 2.24) is 5.32 Å². The Morgan fingerprint density at radius 3 is 2.64 bits per heavy atom. The van der Waals surface area contributed by atoms with E-state index in [0.29, 0.717) is 0 Å². The highest BCUT2D eigenvalue weighted by Crippen LogP contribution is 2.15. The standard InChI is InChI=1S/C12H25NO/c1-2-3-4-10-14-11-7-12-5-8-13-9-6-12/h12-13H,2-11H2,1H3. The molecule has 0 atom stereocenters. The maximum Gasteiger partial charge on any atom is 0.0468 e. The van der Waals surface area contributed by atoms with Crippen molar-refractivity contribution in [3.8, 4) is 0 Å². The molecule has 1 fully saturated rings. The summed E-state index contributed by atoms with van der Waals surface area (Å²) in [5.74, 6) is 0.919. The Morgan fingerprint density at radius 1 is 1.14 bits per heavy atom. The van der Waals surface area contributed by atoms with Crippen molar-refractivity contribution in [3.05, 3.63) is 0 Å². The topological polar surface area (TPSA) is 21.3 Å². The molecule has 2 nitrogen and oxygen atoms in total. The number of ether oxygens (including phenoxy) is 1. The summed E-state index contributed by atoms with van der Waals surface area (Å²) in [6.07, 6.45) is 7.80. The number of rotatable bonds is 7. The average molecular weight is 199 g/mol. The summed E-state index contributed by atoms with van der Waals surface area (Å²) in [5, 5.41) is 3.39. The van der Waals surface area contributed by atoms with E-state index in [1.54, 1.807) is 0 Å². The van der Waals surface area contributed by atoms with E-state index in [1.807, 2.05) is 0 Å². The van der Waals surface area contributed by atoms with Crippen molar-refractivity contribution in [2.75, 3.05) is 26.3 Å². The second-order valence-electron chi connectivity index (χ2n) is 4.30. The molecule has 1 rings (SSSR count). The molecule has 0 saturated carbocycles. The van der Waals surface area contributed by atoms with E-state index in [9.17, 15) is 0 Å². The second kappa shape index (κ2) is 8.25. The van der Waals surface area contributed by atoms with E-state index in [2.05, 4.69) is 12.2 Å². The van der Waals surface area contributed by atoms with Gasteiger partial charge in [-0.3, -0.25) is 0 Å². The zero-order valence-corrected chi connectivity index (χ0v) is 9.56. The van der Waals surface area contributed by atoms with Crippen molar-refractivity contribution in [3.63, 3.8) is 0 Å². The fourth-order valence-corrected chi connectivity index (χ4v) is 1.98. The van der Waals surface area contributed by atoms with Crippen LogP contribution in [0.25, 0.3) is 0 Å². The molecule has 1 saturated heterocycles. The first kappa shape index (κ1) is 12.0. The Kier molecular flexibility index (Phi) is 7.06. The van der Waals surface area contributed by atoms with Crippen LogP contribution in [0.15, 0.2) is 0 Å². The summed E-state index contributed by atoms with van der Waals surface area (Å²) < 4.78 is 5.62. The molecule has 1 N–H and O–H groups in total. The Hall–Kier alpha value is -0.0800. The predicted octanol–water partition coefficient (Wildman–Crippen LogP) is 2.58. The van der Waals surface area contributed by atoms with Crippen LogP contribution >= 0.6 is 0 Å². The summed E-state index contributed by atoms with van der Waals surface area (Å²) in [4.78, 5) is 0. The molecule has 0 aromatic rings. The van der Waals surface area contributed by atoms with E-state index >= 15 is 0 Å². The maximum atomic E-state index is 5.62. The Morgan fingerprint density at radius 2 is 1.93 bits per heavy atom. The minimum Gasteiger partial charge on any atom is -0.381 e. The van der Waals surface area contributed by atoms with Crippen LogP contribution in [0, 0.1) is 5.92 Å². The van der Waals surface area contributed by atoms with Crippen LogP contribution in [0.3, 0.4) is 0 Å². The summed E-state index contributed by atoms with van der Waals surface area (Å²) in [6, 6.07) is 0. The molecule has 0 bridgehead atoms. The van der Waals surface area contributed by atoms with Crippen LogP contribution in [0.4, 0.5) is 0 Å². The van der Waals surface area contributed by atoms with Crippen LogP contribution in [0.1, 0.15) is 45.4 Å². The van der Waals surface area contributed by atoms with E-state index in [0.717, 1.165) is 19.1 Å². The average Bonchev–Trinajstić information content (AvgIpc) is 2.25. The van der Waals surface area contributed by atoms with Gasteiger partial charge in [-0.2, -0.15) is 0 Å². The maximum absolute atomic E-state index is 5.62. The molecule has 14 heavy (non-hydrogen) atoms. The van der Waals surface area contributed by atoms with Crippen LogP contribution in [0.2, 0.25) is 0 Å². The smallest absolute Gasteiger partial charge is 0.0468 e. The second-order valence-corrected chi connectivity index (χ2v) is 4.30. The summed E-state index contributed by atoms with van der Waals surface area (Å²) in [6.45, 7) is 6.60. The van der Waals surface area contributed by atoms with Crippen molar-refractivity contribution < 1.29 is 4.74 Å². The lowest BCUT2D eigenvalue weighted by atomic mass is 9.95. The van der Waals surface area contributed by atoms with E-state index in [4.69, 9.17) is 4.74 Å². The van der Waals surface area contributed by atoms with Crippen molar-refractivity contribution in [2.24, 2.45) is 5.92 Å². The van der Waals surface area contributed by atoms with E-state index in [1.165, 1.54) is 51.6 Å². The van der Waals surface area contributed by atoms with Crippen molar-refractivity contribution in [2.45, 2.75) is 45.4 Å². The monoisotopic (exact) mass is 199 g/mol. The van der Waals surface area contributed by atoms with Crippen LogP contribution in [0.5, 0.6) is 0 Å². The van der Waals surface area contributed by atoms with Gasteiger partial charge in [0.2, 0.25) is 0 Å². The third kappa shape index (κ3) is 5.61. The number of unbranched alkanes of at least 4 members (excludes halogenated alkanes) is 2. The van der Waals surface area contributed by atoms with Gasteiger partial charge in [-0.15, -0.1) is 0 Å². The third-order valence-corrected chi connectivity index (χ3v) is 3.02. The highest BCUT2D eigenvalue weighted by molar-refractivity contribution is 4.67. The van der Waals surface area contributed by atoms with Gasteiger partial charge in [0.1, 0.15) is 0 Å². The first-order valence-corrected chi connectivity index (χ1v) is 6.22. The first-order valence-electron chi connectivity index (χ1n) is 6.22. The highest BCUT2D eigenvalue weighted by atomic mass is 16.5. The molecule has 0 aliphatic carbocycles. The van der Waals surface area contributed by atoms with Gasteiger partial charge in [0.05, 0.1) is 0 Å². The molecule has 2 heteroatoms. The molecule has 0 radical (unpaired) electrons. The summed E-state index contributed by atoms with van der Waals surface area (Å²) >= 11 is 0. The quantitative estimate of drug-likeness (QED) is 0.636. The van der Waals surface area contributed by atoms with Crippen LogP contribution in [-0.2, 0) is 4.74 Å². The van der Waals surface area contributed by atoms with Gasteiger partial charge in [0.25, 0.3) is 0 Å². The van der Waals surface area contributed by atoms with Gasteiger partial charge in [0.15, 0.2) is 0 Å². The molecular formula is C12H25NO. The SMILES string of the molecule is CCCCCOCCC1CCNCC1. The molecule has 84 valence electrons. The lowest BCUT2D eigenvalue weighted by Crippen LogP contribution is -2.28.